The molecule has 0 aromatic heterocycles. The van der Waals surface area contributed by atoms with Crippen molar-refractivity contribution in [1.82, 2.24) is 0 Å². The number of benzene rings is 2. The summed E-state index contributed by atoms with van der Waals surface area (Å²) in [6, 6.07) is 15.7. The molecule has 0 aliphatic heterocycles. The first-order valence-electron chi connectivity index (χ1n) is 6.74. The summed E-state index contributed by atoms with van der Waals surface area (Å²) in [6.45, 7) is 2.53. The number of nitrogens with one attached hydrogen (secondary N) is 1. The van der Waals surface area contributed by atoms with Crippen LogP contribution in [0, 0.1) is 6.92 Å². The Morgan fingerprint density at radius 1 is 1.24 bits per heavy atom. The molecule has 21 heavy (non-hydrogen) atoms. The first-order chi connectivity index (χ1) is 10.1. The van der Waals surface area contributed by atoms with Crippen LogP contribution < -0.4 is 5.32 Å². The molecule has 0 bridgehead atoms. The maximum Gasteiger partial charge on any atom is 0.314 e. The van der Waals surface area contributed by atoms with Crippen LogP contribution in [0.25, 0.3) is 0 Å². The molecule has 3 nitrogen and oxygen atoms in total. The molecule has 110 valence electrons. The Bertz CT molecular complexity index is 593. The number of hydrogen-bond donors (Lipinski definition) is 1. The molecule has 1 atom stereocenters. The number of aryl methyl sites for hydroxylation is 1. The Morgan fingerprint density at radius 3 is 2.57 bits per heavy atom. The number of esters is 1. The monoisotopic (exact) mass is 347 g/mol. The van der Waals surface area contributed by atoms with Crippen molar-refractivity contribution < 1.29 is 9.53 Å². The molecule has 1 unspecified atom stereocenters. The van der Waals surface area contributed by atoms with E-state index < -0.39 is 0 Å². The van der Waals surface area contributed by atoms with Gasteiger partial charge in [0.25, 0.3) is 0 Å². The van der Waals surface area contributed by atoms with Gasteiger partial charge in [0.1, 0.15) is 0 Å². The lowest BCUT2D eigenvalue weighted by Crippen LogP contribution is -2.22. The van der Waals surface area contributed by atoms with E-state index in [4.69, 9.17) is 4.74 Å². The van der Waals surface area contributed by atoms with Crippen molar-refractivity contribution in [2.45, 2.75) is 12.8 Å². The summed E-state index contributed by atoms with van der Waals surface area (Å²) in [5.41, 5.74) is 3.08. The Labute approximate surface area is 133 Å². The minimum absolute atomic E-state index is 0.236. The minimum Gasteiger partial charge on any atom is -0.468 e. The van der Waals surface area contributed by atoms with Gasteiger partial charge in [0.2, 0.25) is 0 Å². The third-order valence-corrected chi connectivity index (χ3v) is 3.70. The molecule has 1 N–H and O–H groups in total. The van der Waals surface area contributed by atoms with Crippen molar-refractivity contribution in [3.63, 3.8) is 0 Å². The van der Waals surface area contributed by atoms with Crippen LogP contribution in [-0.4, -0.2) is 19.6 Å². The first-order valence-corrected chi connectivity index (χ1v) is 7.53. The maximum absolute atomic E-state index is 12.0. The molecule has 0 spiro atoms. The average Bonchev–Trinajstić information content (AvgIpc) is 2.47. The van der Waals surface area contributed by atoms with Gasteiger partial charge in [0.05, 0.1) is 13.0 Å². The van der Waals surface area contributed by atoms with Crippen LogP contribution in [0.15, 0.2) is 53.0 Å². The lowest BCUT2D eigenvalue weighted by atomic mass is 9.99. The Balaban J connectivity index is 2.14. The third kappa shape index (κ3) is 4.33. The normalized spacial score (nSPS) is 11.8. The van der Waals surface area contributed by atoms with Crippen LogP contribution in [0.3, 0.4) is 0 Å². The largest absolute Gasteiger partial charge is 0.468 e. The van der Waals surface area contributed by atoms with Crippen molar-refractivity contribution in [1.29, 1.82) is 0 Å². The van der Waals surface area contributed by atoms with Crippen LogP contribution >= 0.6 is 15.9 Å². The van der Waals surface area contributed by atoms with Gasteiger partial charge in [-0.2, -0.15) is 0 Å². The topological polar surface area (TPSA) is 38.3 Å². The van der Waals surface area contributed by atoms with Crippen molar-refractivity contribution in [2.75, 3.05) is 19.0 Å². The average molecular weight is 348 g/mol. The van der Waals surface area contributed by atoms with Crippen molar-refractivity contribution in [2.24, 2.45) is 0 Å². The minimum atomic E-state index is -0.324. The van der Waals surface area contributed by atoms with Crippen molar-refractivity contribution in [3.8, 4) is 0 Å². The van der Waals surface area contributed by atoms with E-state index in [0.29, 0.717) is 6.54 Å². The highest BCUT2D eigenvalue weighted by molar-refractivity contribution is 9.10. The van der Waals surface area contributed by atoms with E-state index in [1.54, 1.807) is 0 Å². The second-order valence-corrected chi connectivity index (χ2v) is 5.80. The summed E-state index contributed by atoms with van der Waals surface area (Å²) in [5, 5.41) is 3.31. The van der Waals surface area contributed by atoms with Crippen molar-refractivity contribution >= 4 is 27.6 Å². The van der Waals surface area contributed by atoms with Gasteiger partial charge in [-0.15, -0.1) is 0 Å². The smallest absolute Gasteiger partial charge is 0.314 e. The SMILES string of the molecule is COC(=O)C(CNc1cc(C)cc(Br)c1)c1ccccc1. The number of rotatable bonds is 5. The zero-order valence-corrected chi connectivity index (χ0v) is 13.7. The molecule has 0 fully saturated rings. The molecule has 0 saturated carbocycles. The molecule has 0 heterocycles. The molecule has 0 aliphatic rings. The zero-order valence-electron chi connectivity index (χ0n) is 12.1. The van der Waals surface area contributed by atoms with Gasteiger partial charge in [-0.1, -0.05) is 46.3 Å². The third-order valence-electron chi connectivity index (χ3n) is 3.24. The fraction of sp³-hybridized carbons (Fsp3) is 0.235. The van der Waals surface area contributed by atoms with E-state index in [2.05, 4.69) is 21.2 Å². The Kier molecular flexibility index (Phi) is 5.39. The molecule has 0 radical (unpaired) electrons. The number of hydrogen-bond acceptors (Lipinski definition) is 3. The van der Waals surface area contributed by atoms with Gasteiger partial charge in [0.15, 0.2) is 0 Å². The number of carbonyl (C=O) groups excluding carboxylic acids is 1. The summed E-state index contributed by atoms with van der Waals surface area (Å²) in [6.07, 6.45) is 0. The molecule has 4 heteroatoms. The molecule has 0 saturated heterocycles. The molecule has 2 rings (SSSR count). The lowest BCUT2D eigenvalue weighted by Gasteiger charge is -2.17. The van der Waals surface area contributed by atoms with E-state index in [-0.39, 0.29) is 11.9 Å². The first kappa shape index (κ1) is 15.6. The molecule has 2 aromatic carbocycles. The fourth-order valence-corrected chi connectivity index (χ4v) is 2.83. The highest BCUT2D eigenvalue weighted by Gasteiger charge is 2.20. The van der Waals surface area contributed by atoms with Gasteiger partial charge >= 0.3 is 5.97 Å². The number of ether oxygens (including phenoxy) is 1. The van der Waals surface area contributed by atoms with Crippen LogP contribution in [0.4, 0.5) is 5.69 Å². The number of methoxy groups -OCH3 is 1. The fourth-order valence-electron chi connectivity index (χ4n) is 2.22. The van der Waals surface area contributed by atoms with Gasteiger partial charge in [-0.05, 0) is 36.2 Å². The van der Waals surface area contributed by atoms with E-state index in [1.807, 2.05) is 55.5 Å². The summed E-state index contributed by atoms with van der Waals surface area (Å²) < 4.78 is 5.93. The molecule has 0 amide bonds. The number of anilines is 1. The van der Waals surface area contributed by atoms with Crippen LogP contribution in [0.5, 0.6) is 0 Å². The van der Waals surface area contributed by atoms with E-state index >= 15 is 0 Å². The number of halogens is 1. The van der Waals surface area contributed by atoms with E-state index in [0.717, 1.165) is 21.3 Å². The van der Waals surface area contributed by atoms with Crippen molar-refractivity contribution in [3.05, 3.63) is 64.1 Å². The highest BCUT2D eigenvalue weighted by atomic mass is 79.9. The van der Waals surface area contributed by atoms with Crippen LogP contribution in [0.2, 0.25) is 0 Å². The summed E-state index contributed by atoms with van der Waals surface area (Å²) in [4.78, 5) is 12.0. The molecular formula is C17H18BrNO2. The Morgan fingerprint density at radius 2 is 1.95 bits per heavy atom. The van der Waals surface area contributed by atoms with Crippen LogP contribution in [-0.2, 0) is 9.53 Å². The molecule has 2 aromatic rings. The van der Waals surface area contributed by atoms with E-state index in [1.165, 1.54) is 7.11 Å². The van der Waals surface area contributed by atoms with Gasteiger partial charge < -0.3 is 10.1 Å². The molecular weight excluding hydrogens is 330 g/mol. The predicted octanol–water partition coefficient (Wildman–Crippen LogP) is 4.13. The standard InChI is InChI=1S/C17H18BrNO2/c1-12-8-14(18)10-15(9-12)19-11-16(17(20)21-2)13-6-4-3-5-7-13/h3-10,16,19H,11H2,1-2H3. The van der Waals surface area contributed by atoms with Crippen LogP contribution in [0.1, 0.15) is 17.0 Å². The predicted molar refractivity (Wildman–Crippen MR) is 88.6 cm³/mol. The van der Waals surface area contributed by atoms with Gasteiger partial charge in [0, 0.05) is 16.7 Å². The second-order valence-electron chi connectivity index (χ2n) is 4.88. The molecule has 0 aliphatic carbocycles. The number of carbonyl (C=O) groups is 1. The van der Waals surface area contributed by atoms with E-state index in [9.17, 15) is 4.79 Å². The highest BCUT2D eigenvalue weighted by Crippen LogP contribution is 2.22. The summed E-state index contributed by atoms with van der Waals surface area (Å²) in [7, 11) is 1.42. The summed E-state index contributed by atoms with van der Waals surface area (Å²) >= 11 is 3.48. The van der Waals surface area contributed by atoms with Gasteiger partial charge in [-0.3, -0.25) is 4.79 Å². The summed E-state index contributed by atoms with van der Waals surface area (Å²) in [5.74, 6) is -0.559. The second kappa shape index (κ2) is 7.27. The maximum atomic E-state index is 12.0. The lowest BCUT2D eigenvalue weighted by molar-refractivity contribution is -0.142. The Hall–Kier alpha value is -1.81. The quantitative estimate of drug-likeness (QED) is 0.826. The zero-order chi connectivity index (χ0) is 15.2. The van der Waals surface area contributed by atoms with Gasteiger partial charge in [-0.25, -0.2) is 0 Å².